The minimum Gasteiger partial charge on any atom is -0.481 e. The van der Waals surface area contributed by atoms with Gasteiger partial charge in [0.2, 0.25) is 6.79 Å². The highest BCUT2D eigenvalue weighted by Gasteiger charge is 2.42. The predicted octanol–water partition coefficient (Wildman–Crippen LogP) is 0.551. The van der Waals surface area contributed by atoms with E-state index in [1.807, 2.05) is 0 Å². The first kappa shape index (κ1) is 12.5. The highest BCUT2D eigenvalue weighted by atomic mass is 16.7. The van der Waals surface area contributed by atoms with Crippen LogP contribution in [-0.4, -0.2) is 29.8 Å². The molecule has 16 heavy (non-hydrogen) atoms. The second-order valence-corrected chi connectivity index (χ2v) is 3.58. The van der Waals surface area contributed by atoms with Gasteiger partial charge in [0.05, 0.1) is 11.8 Å². The topological polar surface area (TPSA) is 89.9 Å². The molecule has 1 rings (SSSR count). The molecule has 1 N–H and O–H groups in total. The standard InChI is InChI=1S/C10H14O6/c1-2-8(11)15-5-16-10(14)7-4-3-6(7)9(12)13/h6-7H,2-5H2,1H3,(H,12,13). The van der Waals surface area contributed by atoms with Crippen molar-refractivity contribution in [3.05, 3.63) is 0 Å². The van der Waals surface area contributed by atoms with Crippen molar-refractivity contribution < 1.29 is 29.0 Å². The fourth-order valence-corrected chi connectivity index (χ4v) is 1.44. The molecule has 0 heterocycles. The van der Waals surface area contributed by atoms with Crippen LogP contribution in [0.2, 0.25) is 0 Å². The second kappa shape index (κ2) is 5.48. The van der Waals surface area contributed by atoms with Crippen LogP contribution in [0, 0.1) is 11.8 Å². The van der Waals surface area contributed by atoms with Crippen molar-refractivity contribution in [3.8, 4) is 0 Å². The maximum atomic E-state index is 11.3. The Morgan fingerprint density at radius 1 is 1.19 bits per heavy atom. The molecule has 0 saturated heterocycles. The largest absolute Gasteiger partial charge is 0.481 e. The number of hydrogen-bond donors (Lipinski definition) is 1. The maximum absolute atomic E-state index is 11.3. The van der Waals surface area contributed by atoms with Crippen molar-refractivity contribution in [2.24, 2.45) is 11.8 Å². The molecule has 2 unspecified atom stereocenters. The quantitative estimate of drug-likeness (QED) is 0.548. The first-order valence-electron chi connectivity index (χ1n) is 5.11. The molecule has 1 aliphatic carbocycles. The van der Waals surface area contributed by atoms with Crippen LogP contribution in [0.5, 0.6) is 0 Å². The first-order valence-corrected chi connectivity index (χ1v) is 5.11. The zero-order valence-corrected chi connectivity index (χ0v) is 8.97. The van der Waals surface area contributed by atoms with Crippen molar-refractivity contribution in [1.29, 1.82) is 0 Å². The SMILES string of the molecule is CCC(=O)OCOC(=O)C1CCC1C(=O)O. The van der Waals surface area contributed by atoms with E-state index in [4.69, 9.17) is 5.11 Å². The van der Waals surface area contributed by atoms with E-state index in [0.29, 0.717) is 12.8 Å². The highest BCUT2D eigenvalue weighted by Crippen LogP contribution is 2.35. The number of aliphatic carboxylic acids is 1. The van der Waals surface area contributed by atoms with Gasteiger partial charge >= 0.3 is 17.9 Å². The molecule has 1 fully saturated rings. The molecule has 0 spiro atoms. The minimum atomic E-state index is -0.987. The van der Waals surface area contributed by atoms with E-state index >= 15 is 0 Å². The third-order valence-electron chi connectivity index (χ3n) is 2.60. The Kier molecular flexibility index (Phi) is 4.28. The number of carbonyl (C=O) groups excluding carboxylic acids is 2. The molecular weight excluding hydrogens is 216 g/mol. The highest BCUT2D eigenvalue weighted by molar-refractivity contribution is 5.82. The summed E-state index contributed by atoms with van der Waals surface area (Å²) in [6.07, 6.45) is 1.21. The number of carboxylic acid groups (broad SMARTS) is 1. The van der Waals surface area contributed by atoms with Gasteiger partial charge in [-0.3, -0.25) is 14.4 Å². The van der Waals surface area contributed by atoms with Crippen molar-refractivity contribution in [2.75, 3.05) is 6.79 Å². The third-order valence-corrected chi connectivity index (χ3v) is 2.60. The number of rotatable bonds is 5. The van der Waals surface area contributed by atoms with E-state index in [1.165, 1.54) is 0 Å². The lowest BCUT2D eigenvalue weighted by Crippen LogP contribution is -2.39. The second-order valence-electron chi connectivity index (χ2n) is 3.58. The molecule has 0 aromatic rings. The molecule has 6 nitrogen and oxygen atoms in total. The van der Waals surface area contributed by atoms with E-state index in [1.54, 1.807) is 6.92 Å². The Morgan fingerprint density at radius 3 is 2.25 bits per heavy atom. The van der Waals surface area contributed by atoms with Crippen LogP contribution in [0.4, 0.5) is 0 Å². The Labute approximate surface area is 92.5 Å². The van der Waals surface area contributed by atoms with E-state index in [2.05, 4.69) is 9.47 Å². The molecule has 0 aromatic carbocycles. The van der Waals surface area contributed by atoms with E-state index in [-0.39, 0.29) is 6.42 Å². The van der Waals surface area contributed by atoms with Crippen LogP contribution in [0.3, 0.4) is 0 Å². The lowest BCUT2D eigenvalue weighted by molar-refractivity contribution is -0.177. The Hall–Kier alpha value is -1.59. The molecular formula is C10H14O6. The summed E-state index contributed by atoms with van der Waals surface area (Å²) in [7, 11) is 0. The van der Waals surface area contributed by atoms with E-state index in [9.17, 15) is 14.4 Å². The first-order chi connectivity index (χ1) is 7.56. The fourth-order valence-electron chi connectivity index (χ4n) is 1.44. The van der Waals surface area contributed by atoms with Crippen LogP contribution in [0.25, 0.3) is 0 Å². The smallest absolute Gasteiger partial charge is 0.312 e. The number of esters is 2. The molecule has 1 saturated carbocycles. The molecule has 6 heteroatoms. The van der Waals surface area contributed by atoms with E-state index < -0.39 is 36.5 Å². The van der Waals surface area contributed by atoms with Crippen molar-refractivity contribution in [2.45, 2.75) is 26.2 Å². The average molecular weight is 230 g/mol. The fraction of sp³-hybridized carbons (Fsp3) is 0.700. The molecule has 0 aliphatic heterocycles. The van der Waals surface area contributed by atoms with Crippen LogP contribution >= 0.6 is 0 Å². The number of hydrogen-bond acceptors (Lipinski definition) is 5. The van der Waals surface area contributed by atoms with Crippen LogP contribution in [0.1, 0.15) is 26.2 Å². The van der Waals surface area contributed by atoms with Gasteiger partial charge in [-0.05, 0) is 12.8 Å². The Morgan fingerprint density at radius 2 is 1.81 bits per heavy atom. The van der Waals surface area contributed by atoms with Gasteiger partial charge in [-0.15, -0.1) is 0 Å². The normalized spacial score (nSPS) is 23.1. The molecule has 0 amide bonds. The van der Waals surface area contributed by atoms with Gasteiger partial charge in [0.15, 0.2) is 0 Å². The lowest BCUT2D eigenvalue weighted by Gasteiger charge is -2.30. The lowest BCUT2D eigenvalue weighted by atomic mass is 9.74. The van der Waals surface area contributed by atoms with Crippen LogP contribution < -0.4 is 0 Å². The van der Waals surface area contributed by atoms with Gasteiger partial charge in [-0.25, -0.2) is 0 Å². The number of ether oxygens (including phenoxy) is 2. The van der Waals surface area contributed by atoms with Gasteiger partial charge in [-0.2, -0.15) is 0 Å². The van der Waals surface area contributed by atoms with Crippen molar-refractivity contribution >= 4 is 17.9 Å². The molecule has 1 aliphatic rings. The summed E-state index contributed by atoms with van der Waals surface area (Å²) >= 11 is 0. The van der Waals surface area contributed by atoms with Gasteiger partial charge in [0.25, 0.3) is 0 Å². The summed E-state index contributed by atoms with van der Waals surface area (Å²) < 4.78 is 9.20. The summed E-state index contributed by atoms with van der Waals surface area (Å²) in [6.45, 7) is 1.19. The summed E-state index contributed by atoms with van der Waals surface area (Å²) in [5.41, 5.74) is 0. The third kappa shape index (κ3) is 2.95. The predicted molar refractivity (Wildman–Crippen MR) is 51.2 cm³/mol. The minimum absolute atomic E-state index is 0.207. The van der Waals surface area contributed by atoms with E-state index in [0.717, 1.165) is 0 Å². The van der Waals surface area contributed by atoms with Gasteiger partial charge < -0.3 is 14.6 Å². The molecule has 0 aromatic heterocycles. The summed E-state index contributed by atoms with van der Waals surface area (Å²) in [5.74, 6) is -3.32. The van der Waals surface area contributed by atoms with Crippen molar-refractivity contribution in [1.82, 2.24) is 0 Å². The molecule has 90 valence electrons. The van der Waals surface area contributed by atoms with Crippen LogP contribution in [-0.2, 0) is 23.9 Å². The van der Waals surface area contributed by atoms with Gasteiger partial charge in [0.1, 0.15) is 0 Å². The summed E-state index contributed by atoms with van der Waals surface area (Å²) in [4.78, 5) is 32.7. The number of carbonyl (C=O) groups is 3. The zero-order chi connectivity index (χ0) is 12.1. The van der Waals surface area contributed by atoms with Gasteiger partial charge in [-0.1, -0.05) is 6.92 Å². The number of carboxylic acids is 1. The zero-order valence-electron chi connectivity index (χ0n) is 8.97. The molecule has 2 atom stereocenters. The van der Waals surface area contributed by atoms with Crippen molar-refractivity contribution in [3.63, 3.8) is 0 Å². The average Bonchev–Trinajstić information content (AvgIpc) is 2.14. The molecule has 0 radical (unpaired) electrons. The Balaban J connectivity index is 2.25. The molecule has 0 bridgehead atoms. The maximum Gasteiger partial charge on any atom is 0.312 e. The Bertz CT molecular complexity index is 298. The van der Waals surface area contributed by atoms with Crippen LogP contribution in [0.15, 0.2) is 0 Å². The monoisotopic (exact) mass is 230 g/mol. The summed E-state index contributed by atoms with van der Waals surface area (Å²) in [6, 6.07) is 0. The summed E-state index contributed by atoms with van der Waals surface area (Å²) in [5, 5.41) is 8.71. The van der Waals surface area contributed by atoms with Gasteiger partial charge in [0, 0.05) is 6.42 Å².